The lowest BCUT2D eigenvalue weighted by Crippen LogP contribution is -2.27. The van der Waals surface area contributed by atoms with Crippen LogP contribution in [0.3, 0.4) is 0 Å². The van der Waals surface area contributed by atoms with Gasteiger partial charge in [0.15, 0.2) is 5.82 Å². The minimum Gasteiger partial charge on any atom is -0.326 e. The average Bonchev–Trinajstić information content (AvgIpc) is 2.97. The zero-order valence-corrected chi connectivity index (χ0v) is 16.7. The Morgan fingerprint density at radius 3 is 2.63 bits per heavy atom. The fraction of sp³-hybridized carbons (Fsp3) is 0.412. The van der Waals surface area contributed by atoms with Gasteiger partial charge in [-0.2, -0.15) is 10.1 Å². The van der Waals surface area contributed by atoms with Crippen LogP contribution in [-0.4, -0.2) is 39.7 Å². The van der Waals surface area contributed by atoms with Crippen molar-refractivity contribution < 1.29 is 9.59 Å². The Hall–Kier alpha value is -2.16. The maximum Gasteiger partial charge on any atom is 0.259 e. The number of hydrogen-bond donors (Lipinski definition) is 3. The van der Waals surface area contributed by atoms with E-state index in [1.165, 1.54) is 13.0 Å². The summed E-state index contributed by atoms with van der Waals surface area (Å²) < 4.78 is 1.56. The number of aromatic nitrogens is 3. The Morgan fingerprint density at radius 2 is 1.96 bits per heavy atom. The molecule has 0 radical (unpaired) electrons. The van der Waals surface area contributed by atoms with E-state index in [1.54, 1.807) is 23.9 Å². The molecule has 1 aliphatic rings. The minimum atomic E-state index is -0.408. The first-order valence-corrected chi connectivity index (χ1v) is 8.82. The fourth-order valence-corrected chi connectivity index (χ4v) is 3.12. The molecular weight excluding hydrogens is 391 g/mol. The number of nitrogens with one attached hydrogen (secondary N) is 3. The van der Waals surface area contributed by atoms with Crippen molar-refractivity contribution in [3.05, 3.63) is 34.6 Å². The van der Waals surface area contributed by atoms with Crippen LogP contribution in [0.1, 0.15) is 41.9 Å². The van der Waals surface area contributed by atoms with E-state index in [9.17, 15) is 9.59 Å². The number of hydrogen-bond acceptors (Lipinski definition) is 5. The van der Waals surface area contributed by atoms with E-state index >= 15 is 0 Å². The van der Waals surface area contributed by atoms with Crippen molar-refractivity contribution in [2.75, 3.05) is 23.7 Å². The van der Waals surface area contributed by atoms with Gasteiger partial charge in [-0.25, -0.2) is 4.68 Å². The lowest BCUT2D eigenvalue weighted by Gasteiger charge is -2.19. The van der Waals surface area contributed by atoms with Gasteiger partial charge >= 0.3 is 0 Å². The molecule has 0 saturated carbocycles. The van der Waals surface area contributed by atoms with Crippen molar-refractivity contribution in [2.24, 2.45) is 7.05 Å². The van der Waals surface area contributed by atoms with Crippen LogP contribution in [0.25, 0.3) is 0 Å². The predicted molar refractivity (Wildman–Crippen MR) is 107 cm³/mol. The molecule has 0 unspecified atom stereocenters. The minimum absolute atomic E-state index is 0. The van der Waals surface area contributed by atoms with Crippen LogP contribution in [0.2, 0.25) is 5.02 Å². The molecule has 0 aliphatic carbocycles. The number of halogens is 2. The van der Waals surface area contributed by atoms with Crippen molar-refractivity contribution in [2.45, 2.75) is 25.7 Å². The number of amides is 2. The number of carbonyl (C=O) groups excluding carboxylic acids is 2. The van der Waals surface area contributed by atoms with Crippen molar-refractivity contribution in [1.29, 1.82) is 0 Å². The van der Waals surface area contributed by atoms with Gasteiger partial charge in [-0.1, -0.05) is 11.6 Å². The fourth-order valence-electron chi connectivity index (χ4n) is 2.92. The number of benzene rings is 1. The second-order valence-corrected chi connectivity index (χ2v) is 6.68. The van der Waals surface area contributed by atoms with Crippen LogP contribution < -0.4 is 16.0 Å². The Morgan fingerprint density at radius 1 is 1.26 bits per heavy atom. The molecule has 2 amide bonds. The highest BCUT2D eigenvalue weighted by atomic mass is 35.5. The summed E-state index contributed by atoms with van der Waals surface area (Å²) in [6, 6.07) is 4.74. The number of nitrogens with zero attached hydrogens (tertiary/aromatic N) is 3. The molecular formula is C17H22Cl2N6O2. The monoisotopic (exact) mass is 412 g/mol. The first kappa shape index (κ1) is 21.1. The first-order valence-electron chi connectivity index (χ1n) is 8.44. The van der Waals surface area contributed by atoms with Gasteiger partial charge in [0.2, 0.25) is 11.9 Å². The predicted octanol–water partition coefficient (Wildman–Crippen LogP) is 2.57. The highest BCUT2D eigenvalue weighted by Gasteiger charge is 2.22. The van der Waals surface area contributed by atoms with Gasteiger partial charge in [0.25, 0.3) is 5.91 Å². The molecule has 1 aromatic heterocycles. The largest absolute Gasteiger partial charge is 0.326 e. The van der Waals surface area contributed by atoms with Crippen LogP contribution in [0.5, 0.6) is 0 Å². The number of anilines is 2. The molecule has 1 aromatic carbocycles. The summed E-state index contributed by atoms with van der Waals surface area (Å²) in [5.41, 5.74) is 0.754. The van der Waals surface area contributed by atoms with E-state index in [2.05, 4.69) is 26.0 Å². The van der Waals surface area contributed by atoms with Gasteiger partial charge in [-0.05, 0) is 44.1 Å². The Balaban J connectivity index is 0.00000261. The van der Waals surface area contributed by atoms with E-state index in [0.29, 0.717) is 17.6 Å². The molecule has 0 spiro atoms. The summed E-state index contributed by atoms with van der Waals surface area (Å²) in [4.78, 5) is 28.3. The summed E-state index contributed by atoms with van der Waals surface area (Å²) in [5.74, 6) is 0.764. The summed E-state index contributed by atoms with van der Waals surface area (Å²) in [6.45, 7) is 3.28. The third kappa shape index (κ3) is 5.18. The molecule has 2 aromatic rings. The lowest BCUT2D eigenvalue weighted by atomic mass is 9.98. The molecule has 3 N–H and O–H groups in total. The summed E-state index contributed by atoms with van der Waals surface area (Å²) in [5, 5.41) is 13.4. The summed E-state index contributed by atoms with van der Waals surface area (Å²) in [7, 11) is 1.74. The number of carbonyl (C=O) groups is 2. The molecule has 0 bridgehead atoms. The van der Waals surface area contributed by atoms with E-state index < -0.39 is 5.91 Å². The lowest BCUT2D eigenvalue weighted by molar-refractivity contribution is -0.114. The average molecular weight is 413 g/mol. The molecule has 10 heteroatoms. The van der Waals surface area contributed by atoms with Crippen LogP contribution in [-0.2, 0) is 11.8 Å². The standard InChI is InChI=1S/C17H21ClN6O2.ClH/c1-10(25)20-12-3-4-14(18)13(9-12)16(26)22-17-21-15(23-24(17)2)11-5-7-19-8-6-11;/h3-4,9,11,19H,5-8H2,1-2H3,(H,20,25)(H,21,22,23,26);1H. The summed E-state index contributed by atoms with van der Waals surface area (Å²) in [6.07, 6.45) is 1.95. The van der Waals surface area contributed by atoms with Crippen molar-refractivity contribution in [1.82, 2.24) is 20.1 Å². The smallest absolute Gasteiger partial charge is 0.259 e. The maximum absolute atomic E-state index is 12.6. The van der Waals surface area contributed by atoms with Crippen molar-refractivity contribution >= 4 is 47.5 Å². The Bertz CT molecular complexity index is 833. The van der Waals surface area contributed by atoms with Crippen LogP contribution in [0.4, 0.5) is 11.6 Å². The quantitative estimate of drug-likeness (QED) is 0.715. The molecule has 2 heterocycles. The molecule has 8 nitrogen and oxygen atoms in total. The number of piperidine rings is 1. The molecule has 27 heavy (non-hydrogen) atoms. The highest BCUT2D eigenvalue weighted by Crippen LogP contribution is 2.25. The van der Waals surface area contributed by atoms with Gasteiger partial charge in [0.1, 0.15) is 0 Å². The molecule has 1 aliphatic heterocycles. The van der Waals surface area contributed by atoms with E-state index in [1.807, 2.05) is 0 Å². The van der Waals surface area contributed by atoms with Crippen LogP contribution in [0, 0.1) is 0 Å². The first-order chi connectivity index (χ1) is 12.4. The normalized spacial score (nSPS) is 14.3. The van der Waals surface area contributed by atoms with Gasteiger partial charge in [-0.3, -0.25) is 14.9 Å². The molecule has 1 fully saturated rings. The maximum atomic E-state index is 12.6. The zero-order valence-electron chi connectivity index (χ0n) is 15.1. The topological polar surface area (TPSA) is 101 Å². The summed E-state index contributed by atoms with van der Waals surface area (Å²) >= 11 is 6.14. The van der Waals surface area contributed by atoms with E-state index in [-0.39, 0.29) is 28.9 Å². The SMILES string of the molecule is CC(=O)Nc1ccc(Cl)c(C(=O)Nc2nc(C3CCNCC3)nn2C)c1.Cl. The highest BCUT2D eigenvalue weighted by molar-refractivity contribution is 6.34. The third-order valence-electron chi connectivity index (χ3n) is 4.24. The molecule has 0 atom stereocenters. The van der Waals surface area contributed by atoms with Gasteiger partial charge in [0.05, 0.1) is 10.6 Å². The van der Waals surface area contributed by atoms with Crippen LogP contribution in [0.15, 0.2) is 18.2 Å². The molecule has 1 saturated heterocycles. The van der Waals surface area contributed by atoms with Gasteiger partial charge in [-0.15, -0.1) is 12.4 Å². The van der Waals surface area contributed by atoms with E-state index in [4.69, 9.17) is 11.6 Å². The third-order valence-corrected chi connectivity index (χ3v) is 4.57. The van der Waals surface area contributed by atoms with Crippen molar-refractivity contribution in [3.8, 4) is 0 Å². The van der Waals surface area contributed by atoms with E-state index in [0.717, 1.165) is 31.8 Å². The van der Waals surface area contributed by atoms with Crippen molar-refractivity contribution in [3.63, 3.8) is 0 Å². The van der Waals surface area contributed by atoms with Gasteiger partial charge in [0, 0.05) is 25.6 Å². The number of aryl methyl sites for hydroxylation is 1. The Kier molecular flexibility index (Phi) is 7.18. The molecule has 146 valence electrons. The number of rotatable bonds is 4. The van der Waals surface area contributed by atoms with Gasteiger partial charge < -0.3 is 10.6 Å². The second-order valence-electron chi connectivity index (χ2n) is 6.27. The Labute approximate surface area is 168 Å². The second kappa shape index (κ2) is 9.16. The van der Waals surface area contributed by atoms with Crippen LogP contribution >= 0.6 is 24.0 Å². The zero-order chi connectivity index (χ0) is 18.7. The molecule has 3 rings (SSSR count).